The molecule has 1 N–H and O–H groups in total. The second-order valence-electron chi connectivity index (χ2n) is 6.28. The van der Waals surface area contributed by atoms with Crippen molar-refractivity contribution in [3.63, 3.8) is 0 Å². The average Bonchev–Trinajstić information content (AvgIpc) is 2.66. The minimum Gasteiger partial charge on any atom is -0.357 e. The Morgan fingerprint density at radius 2 is 1.90 bits per heavy atom. The van der Waals surface area contributed by atoms with Gasteiger partial charge in [0.25, 0.3) is 0 Å². The zero-order valence-electron chi connectivity index (χ0n) is 14.9. The Bertz CT molecular complexity index is 423. The van der Waals surface area contributed by atoms with E-state index in [0.717, 1.165) is 31.9 Å². The molecule has 0 aliphatic heterocycles. The first-order valence-electron chi connectivity index (χ1n) is 8.02. The standard InChI is InChI=1S/C16H33N5/c1-8-21(11-9-10-19(5)6)16-15(12-17-13(2)3)14(4)18-20(16)7/h13,17H,8-12H2,1-7H3. The molecule has 0 aliphatic carbocycles. The van der Waals surface area contributed by atoms with Crippen molar-refractivity contribution in [3.8, 4) is 0 Å². The third kappa shape index (κ3) is 5.32. The van der Waals surface area contributed by atoms with E-state index < -0.39 is 0 Å². The van der Waals surface area contributed by atoms with Crippen molar-refractivity contribution in [3.05, 3.63) is 11.3 Å². The lowest BCUT2D eigenvalue weighted by atomic mass is 10.2. The van der Waals surface area contributed by atoms with Crippen molar-refractivity contribution in [2.75, 3.05) is 38.6 Å². The van der Waals surface area contributed by atoms with E-state index >= 15 is 0 Å². The fraction of sp³-hybridized carbons (Fsp3) is 0.812. The highest BCUT2D eigenvalue weighted by Crippen LogP contribution is 2.23. The van der Waals surface area contributed by atoms with Gasteiger partial charge in [-0.25, -0.2) is 0 Å². The van der Waals surface area contributed by atoms with Gasteiger partial charge in [-0.2, -0.15) is 5.10 Å². The molecular formula is C16H33N5. The zero-order chi connectivity index (χ0) is 16.0. The van der Waals surface area contributed by atoms with Crippen LogP contribution in [-0.2, 0) is 13.6 Å². The molecule has 0 fully saturated rings. The minimum atomic E-state index is 0.487. The maximum Gasteiger partial charge on any atom is 0.131 e. The predicted octanol–water partition coefficient (Wildman–Crippen LogP) is 2.00. The van der Waals surface area contributed by atoms with Crippen LogP contribution in [0.1, 0.15) is 38.4 Å². The van der Waals surface area contributed by atoms with Gasteiger partial charge in [0.2, 0.25) is 0 Å². The molecule has 1 aromatic heterocycles. The molecule has 1 rings (SSSR count). The lowest BCUT2D eigenvalue weighted by Crippen LogP contribution is -2.30. The third-order valence-corrected chi connectivity index (χ3v) is 3.71. The molecule has 0 unspecified atom stereocenters. The molecule has 0 spiro atoms. The van der Waals surface area contributed by atoms with Gasteiger partial charge in [-0.15, -0.1) is 0 Å². The van der Waals surface area contributed by atoms with Crippen molar-refractivity contribution in [2.45, 2.75) is 46.7 Å². The Kier molecular flexibility index (Phi) is 7.18. The van der Waals surface area contributed by atoms with Crippen molar-refractivity contribution in [1.82, 2.24) is 20.0 Å². The van der Waals surface area contributed by atoms with Crippen molar-refractivity contribution >= 4 is 5.82 Å². The van der Waals surface area contributed by atoms with Crippen LogP contribution in [0.15, 0.2) is 0 Å². The minimum absolute atomic E-state index is 0.487. The molecule has 1 heterocycles. The smallest absolute Gasteiger partial charge is 0.131 e. The van der Waals surface area contributed by atoms with Gasteiger partial charge in [-0.3, -0.25) is 4.68 Å². The van der Waals surface area contributed by atoms with Crippen LogP contribution in [0, 0.1) is 6.92 Å². The summed E-state index contributed by atoms with van der Waals surface area (Å²) in [6, 6.07) is 0.487. The molecule has 5 heteroatoms. The number of nitrogens with one attached hydrogen (secondary N) is 1. The molecule has 0 aliphatic rings. The molecule has 5 nitrogen and oxygen atoms in total. The summed E-state index contributed by atoms with van der Waals surface area (Å²) in [6.45, 7) is 12.8. The summed E-state index contributed by atoms with van der Waals surface area (Å²) in [7, 11) is 6.31. The highest BCUT2D eigenvalue weighted by atomic mass is 15.4. The van der Waals surface area contributed by atoms with E-state index in [1.165, 1.54) is 17.8 Å². The monoisotopic (exact) mass is 295 g/mol. The highest BCUT2D eigenvalue weighted by molar-refractivity contribution is 5.50. The van der Waals surface area contributed by atoms with Gasteiger partial charge in [-0.05, 0) is 40.9 Å². The van der Waals surface area contributed by atoms with E-state index in [9.17, 15) is 0 Å². The molecule has 0 aromatic carbocycles. The number of nitrogens with zero attached hydrogens (tertiary/aromatic N) is 4. The highest BCUT2D eigenvalue weighted by Gasteiger charge is 2.18. The van der Waals surface area contributed by atoms with E-state index in [1.54, 1.807) is 0 Å². The van der Waals surface area contributed by atoms with Crippen molar-refractivity contribution in [1.29, 1.82) is 0 Å². The summed E-state index contributed by atoms with van der Waals surface area (Å²) in [4.78, 5) is 4.68. The molecule has 0 saturated heterocycles. The molecule has 122 valence electrons. The van der Waals surface area contributed by atoms with Gasteiger partial charge in [0.15, 0.2) is 0 Å². The van der Waals surface area contributed by atoms with Gasteiger partial charge in [-0.1, -0.05) is 13.8 Å². The van der Waals surface area contributed by atoms with Crippen LogP contribution in [0.25, 0.3) is 0 Å². The molecule has 1 aromatic rings. The van der Waals surface area contributed by atoms with Crippen LogP contribution in [0.2, 0.25) is 0 Å². The van der Waals surface area contributed by atoms with Gasteiger partial charge in [0, 0.05) is 38.3 Å². The molecule has 0 atom stereocenters. The third-order valence-electron chi connectivity index (χ3n) is 3.71. The molecule has 0 saturated carbocycles. The van der Waals surface area contributed by atoms with Gasteiger partial charge in [0.05, 0.1) is 5.69 Å². The Balaban J connectivity index is 2.86. The molecular weight excluding hydrogens is 262 g/mol. The Morgan fingerprint density at radius 3 is 2.43 bits per heavy atom. The van der Waals surface area contributed by atoms with E-state index in [2.05, 4.69) is 69.1 Å². The van der Waals surface area contributed by atoms with Crippen molar-refractivity contribution in [2.24, 2.45) is 7.05 Å². The number of hydrogen-bond acceptors (Lipinski definition) is 4. The number of aryl methyl sites for hydroxylation is 2. The number of hydrogen-bond donors (Lipinski definition) is 1. The Labute approximate surface area is 130 Å². The van der Waals surface area contributed by atoms with E-state index in [1.807, 2.05) is 4.68 Å². The second kappa shape index (κ2) is 8.39. The summed E-state index contributed by atoms with van der Waals surface area (Å²) in [5.74, 6) is 1.27. The molecule has 0 amide bonds. The van der Waals surface area contributed by atoms with Crippen LogP contribution in [0.3, 0.4) is 0 Å². The summed E-state index contributed by atoms with van der Waals surface area (Å²) in [5, 5.41) is 8.15. The number of rotatable bonds is 9. The summed E-state index contributed by atoms with van der Waals surface area (Å²) >= 11 is 0. The Morgan fingerprint density at radius 1 is 1.24 bits per heavy atom. The van der Waals surface area contributed by atoms with Crippen LogP contribution in [0.5, 0.6) is 0 Å². The lowest BCUT2D eigenvalue weighted by molar-refractivity contribution is 0.400. The quantitative estimate of drug-likeness (QED) is 0.756. The first kappa shape index (κ1) is 18.0. The van der Waals surface area contributed by atoms with E-state index in [4.69, 9.17) is 0 Å². The maximum absolute atomic E-state index is 4.63. The fourth-order valence-electron chi connectivity index (χ4n) is 2.59. The van der Waals surface area contributed by atoms with E-state index in [0.29, 0.717) is 6.04 Å². The molecule has 0 radical (unpaired) electrons. The predicted molar refractivity (Wildman–Crippen MR) is 91.0 cm³/mol. The normalized spacial score (nSPS) is 11.7. The fourth-order valence-corrected chi connectivity index (χ4v) is 2.59. The summed E-state index contributed by atoms with van der Waals surface area (Å²) < 4.78 is 2.03. The van der Waals surface area contributed by atoms with Gasteiger partial charge < -0.3 is 15.1 Å². The molecule has 21 heavy (non-hydrogen) atoms. The SMILES string of the molecule is CCN(CCCN(C)C)c1c(CNC(C)C)c(C)nn1C. The number of aromatic nitrogens is 2. The molecule has 0 bridgehead atoms. The first-order valence-corrected chi connectivity index (χ1v) is 8.02. The number of anilines is 1. The second-order valence-corrected chi connectivity index (χ2v) is 6.28. The van der Waals surface area contributed by atoms with Gasteiger partial charge in [0.1, 0.15) is 5.82 Å². The topological polar surface area (TPSA) is 36.3 Å². The summed E-state index contributed by atoms with van der Waals surface area (Å²) in [5.41, 5.74) is 2.46. The van der Waals surface area contributed by atoms with Crippen molar-refractivity contribution < 1.29 is 0 Å². The largest absolute Gasteiger partial charge is 0.357 e. The zero-order valence-corrected chi connectivity index (χ0v) is 14.9. The van der Waals surface area contributed by atoms with Crippen LogP contribution < -0.4 is 10.2 Å². The first-order chi connectivity index (χ1) is 9.86. The van der Waals surface area contributed by atoms with Crippen LogP contribution in [0.4, 0.5) is 5.82 Å². The van der Waals surface area contributed by atoms with Gasteiger partial charge >= 0.3 is 0 Å². The van der Waals surface area contributed by atoms with E-state index in [-0.39, 0.29) is 0 Å². The lowest BCUT2D eigenvalue weighted by Gasteiger charge is -2.25. The maximum atomic E-state index is 4.63. The Hall–Kier alpha value is -1.07. The van der Waals surface area contributed by atoms with Crippen LogP contribution >= 0.6 is 0 Å². The average molecular weight is 295 g/mol. The van der Waals surface area contributed by atoms with Crippen LogP contribution in [-0.4, -0.2) is 54.5 Å². The summed E-state index contributed by atoms with van der Waals surface area (Å²) in [6.07, 6.45) is 1.17.